The molecule has 4 heteroatoms. The first-order valence-corrected chi connectivity index (χ1v) is 10.00. The predicted octanol–water partition coefficient (Wildman–Crippen LogP) is 5.54. The van der Waals surface area contributed by atoms with Crippen LogP contribution in [0.4, 0.5) is 0 Å². The summed E-state index contributed by atoms with van der Waals surface area (Å²) in [5, 5.41) is 0.828. The topological polar surface area (TPSA) is 17.4 Å². The molecule has 4 rings (SSSR count). The number of fused-ring (bicyclic) bond motifs is 1. The molecular weight excluding hydrogens is 356 g/mol. The van der Waals surface area contributed by atoms with Gasteiger partial charge in [-0.3, -0.25) is 4.90 Å². The van der Waals surface area contributed by atoms with Gasteiger partial charge in [0.1, 0.15) is 5.75 Å². The van der Waals surface area contributed by atoms with Crippen LogP contribution >= 0.6 is 11.6 Å². The van der Waals surface area contributed by atoms with Crippen molar-refractivity contribution >= 4 is 11.6 Å². The van der Waals surface area contributed by atoms with E-state index in [2.05, 4.69) is 58.1 Å². The van der Waals surface area contributed by atoms with E-state index in [0.717, 1.165) is 42.4 Å². The standard InChI is InChI=1S/C23H25ClN2O/c1-2-27-22-13-6-4-10-19(22)23-21-12-7-14-25(21)15-8-16-26(23)17-18-9-3-5-11-20(18)24/h3-7,9-14,23H,2,8,15-17H2,1H3. The van der Waals surface area contributed by atoms with Crippen molar-refractivity contribution in [3.05, 3.63) is 88.7 Å². The van der Waals surface area contributed by atoms with Gasteiger partial charge < -0.3 is 9.30 Å². The molecule has 0 saturated carbocycles. The molecule has 0 radical (unpaired) electrons. The summed E-state index contributed by atoms with van der Waals surface area (Å²) in [7, 11) is 0. The SMILES string of the molecule is CCOc1ccccc1C1c2cccn2CCCN1Cc1ccccc1Cl. The van der Waals surface area contributed by atoms with Gasteiger partial charge in [-0.15, -0.1) is 0 Å². The molecule has 0 aliphatic carbocycles. The highest BCUT2D eigenvalue weighted by atomic mass is 35.5. The van der Waals surface area contributed by atoms with Crippen molar-refractivity contribution in [1.82, 2.24) is 9.47 Å². The van der Waals surface area contributed by atoms with Gasteiger partial charge in [0.25, 0.3) is 0 Å². The Hall–Kier alpha value is -2.23. The van der Waals surface area contributed by atoms with Crippen molar-refractivity contribution in [2.75, 3.05) is 13.2 Å². The second kappa shape index (κ2) is 8.20. The highest BCUT2D eigenvalue weighted by Gasteiger charge is 2.29. The molecule has 1 aliphatic heterocycles. The van der Waals surface area contributed by atoms with Crippen LogP contribution in [0, 0.1) is 0 Å². The summed E-state index contributed by atoms with van der Waals surface area (Å²) < 4.78 is 8.36. The number of aromatic nitrogens is 1. The fourth-order valence-electron chi connectivity index (χ4n) is 4.00. The zero-order valence-corrected chi connectivity index (χ0v) is 16.4. The number of para-hydroxylation sites is 1. The number of hydrogen-bond acceptors (Lipinski definition) is 2. The zero-order valence-electron chi connectivity index (χ0n) is 15.6. The average Bonchev–Trinajstić information content (AvgIpc) is 3.06. The molecule has 0 spiro atoms. The summed E-state index contributed by atoms with van der Waals surface area (Å²) in [4.78, 5) is 2.53. The van der Waals surface area contributed by atoms with Crippen molar-refractivity contribution in [3.8, 4) is 5.75 Å². The van der Waals surface area contributed by atoms with E-state index in [1.165, 1.54) is 11.3 Å². The van der Waals surface area contributed by atoms with Gasteiger partial charge in [-0.2, -0.15) is 0 Å². The maximum atomic E-state index is 6.48. The van der Waals surface area contributed by atoms with Crippen LogP contribution < -0.4 is 4.74 Å². The van der Waals surface area contributed by atoms with Gasteiger partial charge in [0.15, 0.2) is 0 Å². The molecule has 140 valence electrons. The van der Waals surface area contributed by atoms with Crippen LogP contribution in [-0.4, -0.2) is 22.6 Å². The van der Waals surface area contributed by atoms with Crippen LogP contribution in [0.3, 0.4) is 0 Å². The second-order valence-corrected chi connectivity index (χ2v) is 7.32. The number of nitrogens with zero attached hydrogens (tertiary/aromatic N) is 2. The third-order valence-corrected chi connectivity index (χ3v) is 5.57. The molecule has 0 saturated heterocycles. The first-order chi connectivity index (χ1) is 13.3. The van der Waals surface area contributed by atoms with Gasteiger partial charge in [0.2, 0.25) is 0 Å². The Bertz CT molecular complexity index is 905. The van der Waals surface area contributed by atoms with Crippen molar-refractivity contribution < 1.29 is 4.74 Å². The third-order valence-electron chi connectivity index (χ3n) is 5.20. The largest absolute Gasteiger partial charge is 0.494 e. The summed E-state index contributed by atoms with van der Waals surface area (Å²) in [6.07, 6.45) is 3.30. The summed E-state index contributed by atoms with van der Waals surface area (Å²) in [6, 6.07) is 21.1. The van der Waals surface area contributed by atoms with E-state index in [-0.39, 0.29) is 6.04 Å². The second-order valence-electron chi connectivity index (χ2n) is 6.92. The van der Waals surface area contributed by atoms with Crippen LogP contribution in [0.2, 0.25) is 5.02 Å². The summed E-state index contributed by atoms with van der Waals surface area (Å²) in [5.74, 6) is 0.962. The number of hydrogen-bond donors (Lipinski definition) is 0. The number of aryl methyl sites for hydroxylation is 1. The van der Waals surface area contributed by atoms with Crippen LogP contribution in [0.25, 0.3) is 0 Å². The molecule has 1 atom stereocenters. The van der Waals surface area contributed by atoms with Gasteiger partial charge in [-0.1, -0.05) is 48.0 Å². The molecule has 0 bridgehead atoms. The zero-order chi connectivity index (χ0) is 18.6. The van der Waals surface area contributed by atoms with E-state index in [9.17, 15) is 0 Å². The molecule has 3 aromatic rings. The smallest absolute Gasteiger partial charge is 0.124 e. The van der Waals surface area contributed by atoms with Gasteiger partial charge in [0.05, 0.1) is 12.6 Å². The van der Waals surface area contributed by atoms with Gasteiger partial charge >= 0.3 is 0 Å². The molecule has 1 unspecified atom stereocenters. The number of benzene rings is 2. The molecule has 0 fully saturated rings. The molecule has 27 heavy (non-hydrogen) atoms. The van der Waals surface area contributed by atoms with Crippen LogP contribution in [0.1, 0.15) is 36.2 Å². The van der Waals surface area contributed by atoms with Crippen LogP contribution in [0.15, 0.2) is 66.9 Å². The third kappa shape index (κ3) is 3.76. The number of rotatable bonds is 5. The van der Waals surface area contributed by atoms with E-state index in [1.807, 2.05) is 25.1 Å². The lowest BCUT2D eigenvalue weighted by Gasteiger charge is -2.32. The summed E-state index contributed by atoms with van der Waals surface area (Å²) in [6.45, 7) is 5.56. The lowest BCUT2D eigenvalue weighted by Crippen LogP contribution is -2.30. The Morgan fingerprint density at radius 1 is 1.00 bits per heavy atom. The van der Waals surface area contributed by atoms with Crippen LogP contribution in [0.5, 0.6) is 5.75 Å². The lowest BCUT2D eigenvalue weighted by atomic mass is 10.00. The van der Waals surface area contributed by atoms with E-state index in [4.69, 9.17) is 16.3 Å². The van der Waals surface area contributed by atoms with E-state index >= 15 is 0 Å². The molecule has 3 nitrogen and oxygen atoms in total. The van der Waals surface area contributed by atoms with Crippen molar-refractivity contribution in [3.63, 3.8) is 0 Å². The fraction of sp³-hybridized carbons (Fsp3) is 0.304. The Labute approximate surface area is 166 Å². The predicted molar refractivity (Wildman–Crippen MR) is 110 cm³/mol. The first kappa shape index (κ1) is 18.1. The Balaban J connectivity index is 1.79. The molecule has 0 N–H and O–H groups in total. The maximum absolute atomic E-state index is 6.48. The lowest BCUT2D eigenvalue weighted by molar-refractivity contribution is 0.214. The van der Waals surface area contributed by atoms with Crippen LogP contribution in [-0.2, 0) is 13.1 Å². The molecule has 0 amide bonds. The minimum atomic E-state index is 0.140. The number of ether oxygens (including phenoxy) is 1. The average molecular weight is 381 g/mol. The molecule has 1 aliphatic rings. The Kier molecular flexibility index (Phi) is 5.51. The highest BCUT2D eigenvalue weighted by Crippen LogP contribution is 2.38. The van der Waals surface area contributed by atoms with Gasteiger partial charge in [-0.05, 0) is 43.2 Å². The van der Waals surface area contributed by atoms with Gasteiger partial charge in [0, 0.05) is 42.1 Å². The van der Waals surface area contributed by atoms with E-state index < -0.39 is 0 Å². The maximum Gasteiger partial charge on any atom is 0.124 e. The highest BCUT2D eigenvalue weighted by molar-refractivity contribution is 6.31. The number of halogens is 1. The Morgan fingerprint density at radius 3 is 2.67 bits per heavy atom. The molecule has 2 heterocycles. The fourth-order valence-corrected chi connectivity index (χ4v) is 4.20. The molecule has 2 aromatic carbocycles. The van der Waals surface area contributed by atoms with Gasteiger partial charge in [-0.25, -0.2) is 0 Å². The summed E-state index contributed by atoms with van der Waals surface area (Å²) in [5.41, 5.74) is 3.69. The minimum Gasteiger partial charge on any atom is -0.494 e. The van der Waals surface area contributed by atoms with E-state index in [0.29, 0.717) is 6.61 Å². The summed E-state index contributed by atoms with van der Waals surface area (Å²) >= 11 is 6.48. The normalized spacial score (nSPS) is 17.3. The van der Waals surface area contributed by atoms with Crippen molar-refractivity contribution in [1.29, 1.82) is 0 Å². The molecular formula is C23H25ClN2O. The quantitative estimate of drug-likeness (QED) is 0.578. The monoisotopic (exact) mass is 380 g/mol. The van der Waals surface area contributed by atoms with E-state index in [1.54, 1.807) is 0 Å². The van der Waals surface area contributed by atoms with Crippen molar-refractivity contribution in [2.45, 2.75) is 32.5 Å². The minimum absolute atomic E-state index is 0.140. The van der Waals surface area contributed by atoms with Crippen molar-refractivity contribution in [2.24, 2.45) is 0 Å². The Morgan fingerprint density at radius 2 is 1.81 bits per heavy atom. The first-order valence-electron chi connectivity index (χ1n) is 9.62. The molecule has 1 aromatic heterocycles.